The van der Waals surface area contributed by atoms with Gasteiger partial charge in [0, 0.05) is 4.47 Å². The lowest BCUT2D eigenvalue weighted by Crippen LogP contribution is -2.19. The molecule has 1 aromatic heterocycles. The molecule has 0 saturated carbocycles. The minimum Gasteiger partial charge on any atom is -0.495 e. The number of urea groups is 1. The van der Waals surface area contributed by atoms with Gasteiger partial charge < -0.3 is 14.8 Å². The third-order valence-electron chi connectivity index (χ3n) is 3.29. The Balaban J connectivity index is 1.56. The Morgan fingerprint density at radius 1 is 1.11 bits per heavy atom. The number of hydrogen-bond acceptors (Lipinski definition) is 6. The van der Waals surface area contributed by atoms with Gasteiger partial charge in [0.15, 0.2) is 5.01 Å². The van der Waals surface area contributed by atoms with Crippen molar-refractivity contribution >= 4 is 60.0 Å². The quantitative estimate of drug-likeness (QED) is 0.467. The van der Waals surface area contributed by atoms with E-state index in [1.807, 2.05) is 24.3 Å². The summed E-state index contributed by atoms with van der Waals surface area (Å²) in [6.45, 7) is 0.244. The molecular formula is C17H14Br2N4O3S. The number of carbonyl (C=O) groups is 1. The molecule has 0 fully saturated rings. The van der Waals surface area contributed by atoms with Gasteiger partial charge in [0.1, 0.15) is 18.1 Å². The van der Waals surface area contributed by atoms with Crippen LogP contribution in [0.4, 0.5) is 15.6 Å². The van der Waals surface area contributed by atoms with Crippen molar-refractivity contribution in [3.05, 3.63) is 56.4 Å². The minimum absolute atomic E-state index is 0.244. The highest BCUT2D eigenvalue weighted by atomic mass is 79.9. The molecule has 0 unspecified atom stereocenters. The van der Waals surface area contributed by atoms with Crippen LogP contribution in [0.3, 0.4) is 0 Å². The van der Waals surface area contributed by atoms with Gasteiger partial charge in [-0.25, -0.2) is 4.79 Å². The number of nitrogens with one attached hydrogen (secondary N) is 2. The normalized spacial score (nSPS) is 10.3. The summed E-state index contributed by atoms with van der Waals surface area (Å²) in [5.41, 5.74) is 0.561. The summed E-state index contributed by atoms with van der Waals surface area (Å²) in [5, 5.41) is 14.3. The van der Waals surface area contributed by atoms with E-state index in [4.69, 9.17) is 9.47 Å². The molecule has 0 atom stereocenters. The Hall–Kier alpha value is -2.17. The summed E-state index contributed by atoms with van der Waals surface area (Å²) in [6.07, 6.45) is 0. The van der Waals surface area contributed by atoms with Gasteiger partial charge in [0.05, 0.1) is 17.3 Å². The molecule has 140 valence electrons. The molecule has 0 spiro atoms. The van der Waals surface area contributed by atoms with Crippen molar-refractivity contribution in [3.8, 4) is 11.5 Å². The van der Waals surface area contributed by atoms with E-state index in [1.165, 1.54) is 11.3 Å². The number of nitrogens with zero attached hydrogens (tertiary/aromatic N) is 2. The molecule has 2 amide bonds. The number of amides is 2. The first-order valence-electron chi connectivity index (χ1n) is 7.66. The average Bonchev–Trinajstić information content (AvgIpc) is 3.08. The van der Waals surface area contributed by atoms with Crippen LogP contribution in [0, 0.1) is 0 Å². The Labute approximate surface area is 176 Å². The number of ether oxygens (including phenoxy) is 2. The van der Waals surface area contributed by atoms with Gasteiger partial charge in [-0.05, 0) is 46.3 Å². The molecule has 0 saturated heterocycles. The lowest BCUT2D eigenvalue weighted by molar-refractivity contribution is 0.262. The highest BCUT2D eigenvalue weighted by Crippen LogP contribution is 2.29. The van der Waals surface area contributed by atoms with Crippen molar-refractivity contribution in [1.82, 2.24) is 10.2 Å². The van der Waals surface area contributed by atoms with E-state index in [0.717, 1.165) is 8.95 Å². The summed E-state index contributed by atoms with van der Waals surface area (Å²) in [5.74, 6) is 1.26. The van der Waals surface area contributed by atoms with Crippen molar-refractivity contribution in [3.63, 3.8) is 0 Å². The molecule has 2 N–H and O–H groups in total. The van der Waals surface area contributed by atoms with Gasteiger partial charge in [0.2, 0.25) is 5.13 Å². The molecule has 2 aromatic carbocycles. The van der Waals surface area contributed by atoms with Gasteiger partial charge in [-0.2, -0.15) is 0 Å². The summed E-state index contributed by atoms with van der Waals surface area (Å²) < 4.78 is 12.7. The molecule has 0 bridgehead atoms. The van der Waals surface area contributed by atoms with Gasteiger partial charge in [-0.15, -0.1) is 10.2 Å². The van der Waals surface area contributed by atoms with Crippen molar-refractivity contribution < 1.29 is 14.3 Å². The van der Waals surface area contributed by atoms with Crippen LogP contribution in [0.15, 0.2) is 51.4 Å². The maximum Gasteiger partial charge on any atom is 0.325 e. The molecule has 3 aromatic rings. The molecular weight excluding hydrogens is 500 g/mol. The Morgan fingerprint density at radius 3 is 2.70 bits per heavy atom. The van der Waals surface area contributed by atoms with Crippen LogP contribution in [-0.4, -0.2) is 23.3 Å². The van der Waals surface area contributed by atoms with E-state index in [1.54, 1.807) is 25.3 Å². The number of rotatable bonds is 6. The molecule has 1 heterocycles. The van der Waals surface area contributed by atoms with E-state index in [-0.39, 0.29) is 6.61 Å². The average molecular weight is 514 g/mol. The predicted molar refractivity (Wildman–Crippen MR) is 112 cm³/mol. The molecule has 0 radical (unpaired) electrons. The third-order valence-corrected chi connectivity index (χ3v) is 5.21. The van der Waals surface area contributed by atoms with Crippen molar-refractivity contribution in [2.75, 3.05) is 17.7 Å². The molecule has 0 aliphatic heterocycles. The van der Waals surface area contributed by atoms with E-state index >= 15 is 0 Å². The van der Waals surface area contributed by atoms with Crippen molar-refractivity contribution in [2.24, 2.45) is 0 Å². The maximum absolute atomic E-state index is 12.1. The number of para-hydroxylation sites is 2. The maximum atomic E-state index is 12.1. The zero-order valence-corrected chi connectivity index (χ0v) is 18.0. The standard InChI is InChI=1S/C17H14Br2N4O3S/c1-25-14-5-3-2-4-12(14)20-16(24)21-17-23-22-15(27-17)9-26-13-7-6-10(18)8-11(13)19/h2-8H,9H2,1H3,(H2,20,21,23,24). The van der Waals surface area contributed by atoms with Crippen LogP contribution in [0.25, 0.3) is 0 Å². The number of benzene rings is 2. The van der Waals surface area contributed by atoms with Crippen LogP contribution in [0.5, 0.6) is 11.5 Å². The summed E-state index contributed by atoms with van der Waals surface area (Å²) >= 11 is 8.06. The second kappa shape index (κ2) is 9.16. The fourth-order valence-electron chi connectivity index (χ4n) is 2.09. The van der Waals surface area contributed by atoms with Crippen molar-refractivity contribution in [1.29, 1.82) is 0 Å². The lowest BCUT2D eigenvalue weighted by atomic mass is 10.3. The van der Waals surface area contributed by atoms with Crippen molar-refractivity contribution in [2.45, 2.75) is 6.61 Å². The second-order valence-corrected chi connectivity index (χ2v) is 7.98. The SMILES string of the molecule is COc1ccccc1NC(=O)Nc1nnc(COc2ccc(Br)cc2Br)s1. The van der Waals surface area contributed by atoms with Gasteiger partial charge in [-0.3, -0.25) is 5.32 Å². The number of hydrogen-bond donors (Lipinski definition) is 2. The largest absolute Gasteiger partial charge is 0.495 e. The molecule has 0 aliphatic rings. The van der Waals surface area contributed by atoms with Gasteiger partial charge in [0.25, 0.3) is 0 Å². The van der Waals surface area contributed by atoms with E-state index in [2.05, 4.69) is 52.7 Å². The molecule has 27 heavy (non-hydrogen) atoms. The smallest absolute Gasteiger partial charge is 0.325 e. The Bertz CT molecular complexity index is 951. The Kier molecular flexibility index (Phi) is 6.64. The predicted octanol–water partition coefficient (Wildman–Crippen LogP) is 5.29. The third kappa shape index (κ3) is 5.41. The van der Waals surface area contributed by atoms with E-state index in [9.17, 15) is 4.79 Å². The van der Waals surface area contributed by atoms with Crippen LogP contribution >= 0.6 is 43.2 Å². The first-order chi connectivity index (χ1) is 13.0. The molecule has 3 rings (SSSR count). The number of methoxy groups -OCH3 is 1. The highest BCUT2D eigenvalue weighted by molar-refractivity contribution is 9.11. The van der Waals surface area contributed by atoms with E-state index < -0.39 is 6.03 Å². The van der Waals surface area contributed by atoms with Crippen LogP contribution in [0.1, 0.15) is 5.01 Å². The fraction of sp³-hybridized carbons (Fsp3) is 0.118. The number of anilines is 2. The number of carbonyl (C=O) groups excluding carboxylic acids is 1. The minimum atomic E-state index is -0.432. The first kappa shape index (κ1) is 19.6. The lowest BCUT2D eigenvalue weighted by Gasteiger charge is -2.09. The van der Waals surface area contributed by atoms with E-state index in [0.29, 0.717) is 27.3 Å². The van der Waals surface area contributed by atoms with Crippen LogP contribution in [0.2, 0.25) is 0 Å². The zero-order chi connectivity index (χ0) is 19.2. The summed E-state index contributed by atoms with van der Waals surface area (Å²) in [7, 11) is 1.54. The summed E-state index contributed by atoms with van der Waals surface area (Å²) in [4.78, 5) is 12.1. The fourth-order valence-corrected chi connectivity index (χ4v) is 3.90. The topological polar surface area (TPSA) is 85.4 Å². The van der Waals surface area contributed by atoms with Crippen LogP contribution in [-0.2, 0) is 6.61 Å². The molecule has 7 nitrogen and oxygen atoms in total. The van der Waals surface area contributed by atoms with Gasteiger partial charge >= 0.3 is 6.03 Å². The Morgan fingerprint density at radius 2 is 1.93 bits per heavy atom. The molecule has 0 aliphatic carbocycles. The monoisotopic (exact) mass is 512 g/mol. The van der Waals surface area contributed by atoms with Gasteiger partial charge in [-0.1, -0.05) is 39.4 Å². The number of halogens is 2. The summed E-state index contributed by atoms with van der Waals surface area (Å²) in [6, 6.07) is 12.3. The molecule has 10 heteroatoms. The second-order valence-electron chi connectivity index (χ2n) is 5.14. The zero-order valence-electron chi connectivity index (χ0n) is 14.0. The van der Waals surface area contributed by atoms with Crippen LogP contribution < -0.4 is 20.1 Å². The number of aromatic nitrogens is 2. The first-order valence-corrected chi connectivity index (χ1v) is 10.1. The highest BCUT2D eigenvalue weighted by Gasteiger charge is 2.11.